The van der Waals surface area contributed by atoms with Crippen LogP contribution in [0.25, 0.3) is 11.5 Å². The second-order valence-electron chi connectivity index (χ2n) is 6.58. The number of rotatable bonds is 7. The van der Waals surface area contributed by atoms with Gasteiger partial charge in [0, 0.05) is 24.9 Å². The van der Waals surface area contributed by atoms with E-state index in [2.05, 4.69) is 21.6 Å². The van der Waals surface area contributed by atoms with Gasteiger partial charge in [-0.2, -0.15) is 0 Å². The molecule has 1 aliphatic carbocycles. The van der Waals surface area contributed by atoms with Gasteiger partial charge in [-0.25, -0.2) is 0 Å². The molecule has 0 atom stereocenters. The van der Waals surface area contributed by atoms with E-state index in [0.29, 0.717) is 31.2 Å². The number of hydrogen-bond donors (Lipinski definition) is 1. The van der Waals surface area contributed by atoms with Gasteiger partial charge in [0.15, 0.2) is 0 Å². The maximum atomic E-state index is 12.0. The number of allylic oxidation sites excluding steroid dienone is 1. The molecule has 5 heteroatoms. The van der Waals surface area contributed by atoms with Crippen LogP contribution in [0.1, 0.15) is 50.0 Å². The number of hydrogen-bond acceptors (Lipinski definition) is 4. The average molecular weight is 339 g/mol. The molecule has 0 bridgehead atoms. The molecule has 0 saturated carbocycles. The van der Waals surface area contributed by atoms with Crippen LogP contribution in [0.3, 0.4) is 0 Å². The normalized spacial score (nSPS) is 14.2. The van der Waals surface area contributed by atoms with Gasteiger partial charge in [-0.05, 0) is 51.2 Å². The molecule has 1 aliphatic rings. The molecule has 25 heavy (non-hydrogen) atoms. The van der Waals surface area contributed by atoms with Crippen molar-refractivity contribution in [2.75, 3.05) is 6.54 Å². The SMILES string of the molecule is Cc1ccc(-c2nnc(CCC(=O)NCCC3=CCCCC3)o2)cc1. The zero-order valence-corrected chi connectivity index (χ0v) is 14.8. The van der Waals surface area contributed by atoms with Crippen LogP contribution in [0.15, 0.2) is 40.3 Å². The van der Waals surface area contributed by atoms with Crippen LogP contribution in [0.4, 0.5) is 0 Å². The minimum Gasteiger partial charge on any atom is -0.421 e. The molecule has 132 valence electrons. The van der Waals surface area contributed by atoms with Gasteiger partial charge in [0.1, 0.15) is 0 Å². The van der Waals surface area contributed by atoms with Crippen LogP contribution in [0, 0.1) is 6.92 Å². The summed E-state index contributed by atoms with van der Waals surface area (Å²) < 4.78 is 5.65. The van der Waals surface area contributed by atoms with Gasteiger partial charge in [-0.3, -0.25) is 4.79 Å². The van der Waals surface area contributed by atoms with Gasteiger partial charge in [-0.1, -0.05) is 29.3 Å². The number of carbonyl (C=O) groups is 1. The molecular formula is C20H25N3O2. The van der Waals surface area contributed by atoms with E-state index in [-0.39, 0.29) is 5.91 Å². The Labute approximate surface area is 148 Å². The highest BCUT2D eigenvalue weighted by Crippen LogP contribution is 2.20. The lowest BCUT2D eigenvalue weighted by atomic mass is 9.97. The molecule has 1 heterocycles. The van der Waals surface area contributed by atoms with E-state index in [1.54, 1.807) is 0 Å². The fourth-order valence-electron chi connectivity index (χ4n) is 2.97. The minimum absolute atomic E-state index is 0.0338. The number of amides is 1. The van der Waals surface area contributed by atoms with Crippen LogP contribution in [-0.4, -0.2) is 22.6 Å². The first-order valence-electron chi connectivity index (χ1n) is 9.05. The van der Waals surface area contributed by atoms with Crippen molar-refractivity contribution in [1.29, 1.82) is 0 Å². The molecule has 0 unspecified atom stereocenters. The van der Waals surface area contributed by atoms with E-state index >= 15 is 0 Å². The Bertz CT molecular complexity index is 732. The molecule has 0 spiro atoms. The summed E-state index contributed by atoms with van der Waals surface area (Å²) in [6, 6.07) is 7.93. The molecule has 1 N–H and O–H groups in total. The van der Waals surface area contributed by atoms with E-state index in [1.165, 1.54) is 36.8 Å². The van der Waals surface area contributed by atoms with Crippen LogP contribution in [-0.2, 0) is 11.2 Å². The van der Waals surface area contributed by atoms with Crippen molar-refractivity contribution in [1.82, 2.24) is 15.5 Å². The molecule has 1 aromatic heterocycles. The van der Waals surface area contributed by atoms with E-state index in [4.69, 9.17) is 4.42 Å². The summed E-state index contributed by atoms with van der Waals surface area (Å²) in [6.07, 6.45) is 9.06. The van der Waals surface area contributed by atoms with Crippen molar-refractivity contribution >= 4 is 5.91 Å². The highest BCUT2D eigenvalue weighted by atomic mass is 16.4. The third kappa shape index (κ3) is 5.28. The first-order chi connectivity index (χ1) is 12.2. The maximum Gasteiger partial charge on any atom is 0.247 e. The average Bonchev–Trinajstić information content (AvgIpc) is 3.10. The van der Waals surface area contributed by atoms with E-state index < -0.39 is 0 Å². The maximum absolute atomic E-state index is 12.0. The molecule has 0 saturated heterocycles. The first kappa shape index (κ1) is 17.4. The van der Waals surface area contributed by atoms with Crippen LogP contribution in [0.5, 0.6) is 0 Å². The number of nitrogens with one attached hydrogen (secondary N) is 1. The Kier molecular flexibility index (Phi) is 5.99. The Morgan fingerprint density at radius 1 is 1.16 bits per heavy atom. The highest BCUT2D eigenvalue weighted by Gasteiger charge is 2.11. The summed E-state index contributed by atoms with van der Waals surface area (Å²) in [6.45, 7) is 2.75. The summed E-state index contributed by atoms with van der Waals surface area (Å²) >= 11 is 0. The predicted molar refractivity (Wildman–Crippen MR) is 97.0 cm³/mol. The van der Waals surface area contributed by atoms with Gasteiger partial charge < -0.3 is 9.73 Å². The molecule has 1 amide bonds. The quantitative estimate of drug-likeness (QED) is 0.775. The number of aryl methyl sites for hydroxylation is 2. The largest absolute Gasteiger partial charge is 0.421 e. The van der Waals surface area contributed by atoms with Crippen molar-refractivity contribution in [3.05, 3.63) is 47.4 Å². The lowest BCUT2D eigenvalue weighted by Crippen LogP contribution is -2.25. The molecule has 1 aromatic carbocycles. The molecule has 2 aromatic rings. The van der Waals surface area contributed by atoms with Crippen molar-refractivity contribution < 1.29 is 9.21 Å². The Morgan fingerprint density at radius 2 is 2.00 bits per heavy atom. The third-order valence-corrected chi connectivity index (χ3v) is 4.48. The smallest absolute Gasteiger partial charge is 0.247 e. The number of benzene rings is 1. The standard InChI is InChI=1S/C20H25N3O2/c1-15-7-9-17(10-8-15)20-23-22-19(25-20)12-11-18(24)21-14-13-16-5-3-2-4-6-16/h5,7-10H,2-4,6,11-14H2,1H3,(H,21,24). The Morgan fingerprint density at radius 3 is 2.76 bits per heavy atom. The predicted octanol–water partition coefficient (Wildman–Crippen LogP) is 3.98. The Balaban J connectivity index is 1.41. The lowest BCUT2D eigenvalue weighted by molar-refractivity contribution is -0.121. The Hall–Kier alpha value is -2.43. The van der Waals surface area contributed by atoms with Crippen LogP contribution < -0.4 is 5.32 Å². The summed E-state index contributed by atoms with van der Waals surface area (Å²) in [5.41, 5.74) is 3.56. The molecular weight excluding hydrogens is 314 g/mol. The van der Waals surface area contributed by atoms with Gasteiger partial charge in [-0.15, -0.1) is 10.2 Å². The zero-order chi connectivity index (χ0) is 17.5. The van der Waals surface area contributed by atoms with E-state index in [1.807, 2.05) is 31.2 Å². The van der Waals surface area contributed by atoms with Gasteiger partial charge >= 0.3 is 0 Å². The molecule has 0 radical (unpaired) electrons. The van der Waals surface area contributed by atoms with Gasteiger partial charge in [0.2, 0.25) is 17.7 Å². The third-order valence-electron chi connectivity index (χ3n) is 4.48. The molecule has 0 aliphatic heterocycles. The number of carbonyl (C=O) groups excluding carboxylic acids is 1. The number of nitrogens with zero attached hydrogens (tertiary/aromatic N) is 2. The van der Waals surface area contributed by atoms with Crippen LogP contribution >= 0.6 is 0 Å². The van der Waals surface area contributed by atoms with E-state index in [9.17, 15) is 4.79 Å². The molecule has 5 nitrogen and oxygen atoms in total. The van der Waals surface area contributed by atoms with Crippen molar-refractivity contribution in [2.24, 2.45) is 0 Å². The lowest BCUT2D eigenvalue weighted by Gasteiger charge is -2.12. The summed E-state index contributed by atoms with van der Waals surface area (Å²) in [5.74, 6) is 1.03. The second kappa shape index (κ2) is 8.60. The van der Waals surface area contributed by atoms with Gasteiger partial charge in [0.05, 0.1) is 0 Å². The van der Waals surface area contributed by atoms with E-state index in [0.717, 1.165) is 12.0 Å². The monoisotopic (exact) mass is 339 g/mol. The summed E-state index contributed by atoms with van der Waals surface area (Å²) in [5, 5.41) is 11.1. The van der Waals surface area contributed by atoms with Crippen molar-refractivity contribution in [2.45, 2.75) is 51.9 Å². The van der Waals surface area contributed by atoms with Crippen molar-refractivity contribution in [3.8, 4) is 11.5 Å². The fraction of sp³-hybridized carbons (Fsp3) is 0.450. The van der Waals surface area contributed by atoms with Crippen LogP contribution in [0.2, 0.25) is 0 Å². The van der Waals surface area contributed by atoms with Crippen molar-refractivity contribution in [3.63, 3.8) is 0 Å². The highest BCUT2D eigenvalue weighted by molar-refractivity contribution is 5.76. The minimum atomic E-state index is 0.0338. The van der Waals surface area contributed by atoms with Gasteiger partial charge in [0.25, 0.3) is 0 Å². The fourth-order valence-corrected chi connectivity index (χ4v) is 2.97. The summed E-state index contributed by atoms with van der Waals surface area (Å²) in [7, 11) is 0. The molecule has 0 fully saturated rings. The zero-order valence-electron chi connectivity index (χ0n) is 14.8. The summed E-state index contributed by atoms with van der Waals surface area (Å²) in [4.78, 5) is 12.0. The topological polar surface area (TPSA) is 68.0 Å². The second-order valence-corrected chi connectivity index (χ2v) is 6.58. The number of aromatic nitrogens is 2. The first-order valence-corrected chi connectivity index (χ1v) is 9.05. The molecule has 3 rings (SSSR count).